The van der Waals surface area contributed by atoms with E-state index in [4.69, 9.17) is 16.9 Å². The van der Waals surface area contributed by atoms with Gasteiger partial charge < -0.3 is 10.2 Å². The van der Waals surface area contributed by atoms with Gasteiger partial charge in [-0.3, -0.25) is 4.90 Å². The van der Waals surface area contributed by atoms with E-state index in [9.17, 15) is 4.79 Å². The highest BCUT2D eigenvalue weighted by Crippen LogP contribution is 2.16. The average Bonchev–Trinajstić information content (AvgIpc) is 2.49. The van der Waals surface area contributed by atoms with Crippen molar-refractivity contribution in [1.82, 2.24) is 9.80 Å². The van der Waals surface area contributed by atoms with Crippen LogP contribution in [0.2, 0.25) is 5.02 Å². The van der Waals surface area contributed by atoms with Crippen molar-refractivity contribution < 1.29 is 4.79 Å². The van der Waals surface area contributed by atoms with Crippen molar-refractivity contribution in [3.63, 3.8) is 0 Å². The van der Waals surface area contributed by atoms with E-state index >= 15 is 0 Å². The van der Waals surface area contributed by atoms with Crippen LogP contribution in [-0.4, -0.2) is 48.1 Å². The van der Waals surface area contributed by atoms with Gasteiger partial charge in [-0.15, -0.1) is 0 Å². The number of nitrogens with one attached hydrogen (secondary N) is 1. The molecule has 6 heteroatoms. The maximum absolute atomic E-state index is 12.2. The van der Waals surface area contributed by atoms with Crippen LogP contribution < -0.4 is 5.32 Å². The first kappa shape index (κ1) is 15.6. The number of nitrogens with zero attached hydrogens (tertiary/aromatic N) is 3. The minimum absolute atomic E-state index is 0.0526. The summed E-state index contributed by atoms with van der Waals surface area (Å²) in [5, 5.41) is 12.5. The first-order valence-electron chi connectivity index (χ1n) is 7.09. The molecule has 0 radical (unpaired) electrons. The molecule has 1 unspecified atom stereocenters. The molecule has 0 aliphatic carbocycles. The number of piperazine rings is 1. The molecule has 0 saturated carbocycles. The Labute approximate surface area is 130 Å². The smallest absolute Gasteiger partial charge is 0.321 e. The van der Waals surface area contributed by atoms with Crippen LogP contribution in [0, 0.1) is 11.3 Å². The molecule has 1 atom stereocenters. The van der Waals surface area contributed by atoms with Gasteiger partial charge >= 0.3 is 6.03 Å². The monoisotopic (exact) mass is 306 g/mol. The molecule has 1 fully saturated rings. The zero-order chi connectivity index (χ0) is 15.2. The number of urea groups is 1. The molecule has 0 bridgehead atoms. The van der Waals surface area contributed by atoms with Crippen molar-refractivity contribution in [3.8, 4) is 6.07 Å². The standard InChI is InChI=1S/C15H19ClN4O/c1-2-14(11-17)19-6-8-20(9-7-19)15(21)18-13-5-3-4-12(16)10-13/h3-5,10,14H,2,6-9H2,1H3,(H,18,21). The Morgan fingerprint density at radius 2 is 2.14 bits per heavy atom. The summed E-state index contributed by atoms with van der Waals surface area (Å²) in [6, 6.07) is 9.22. The van der Waals surface area contributed by atoms with E-state index in [1.807, 2.05) is 13.0 Å². The molecule has 1 aliphatic heterocycles. The Morgan fingerprint density at radius 1 is 1.43 bits per heavy atom. The van der Waals surface area contributed by atoms with Crippen molar-refractivity contribution in [2.45, 2.75) is 19.4 Å². The molecule has 21 heavy (non-hydrogen) atoms. The number of benzene rings is 1. The summed E-state index contributed by atoms with van der Waals surface area (Å²) in [5.74, 6) is 0. The number of halogens is 1. The van der Waals surface area contributed by atoms with Crippen LogP contribution in [-0.2, 0) is 0 Å². The SMILES string of the molecule is CCC(C#N)N1CCN(C(=O)Nc2cccc(Cl)c2)CC1. The normalized spacial score (nSPS) is 17.1. The van der Waals surface area contributed by atoms with E-state index in [2.05, 4.69) is 16.3 Å². The number of rotatable bonds is 3. The fraction of sp³-hybridized carbons (Fsp3) is 0.467. The lowest BCUT2D eigenvalue weighted by Gasteiger charge is -2.36. The van der Waals surface area contributed by atoms with Crippen LogP contribution in [0.1, 0.15) is 13.3 Å². The molecular formula is C15H19ClN4O. The first-order chi connectivity index (χ1) is 10.1. The Bertz CT molecular complexity index is 535. The molecule has 0 aromatic heterocycles. The Morgan fingerprint density at radius 3 is 2.71 bits per heavy atom. The Hall–Kier alpha value is -1.77. The van der Waals surface area contributed by atoms with E-state index in [-0.39, 0.29) is 12.1 Å². The van der Waals surface area contributed by atoms with Crippen molar-refractivity contribution in [2.24, 2.45) is 0 Å². The molecular weight excluding hydrogens is 288 g/mol. The molecule has 1 aliphatic rings. The Balaban J connectivity index is 1.87. The van der Waals surface area contributed by atoms with Gasteiger partial charge in [-0.1, -0.05) is 24.6 Å². The second-order valence-electron chi connectivity index (χ2n) is 5.02. The second-order valence-corrected chi connectivity index (χ2v) is 5.45. The van der Waals surface area contributed by atoms with Gasteiger partial charge in [0.2, 0.25) is 0 Å². The minimum Gasteiger partial charge on any atom is -0.322 e. The summed E-state index contributed by atoms with van der Waals surface area (Å²) < 4.78 is 0. The second kappa shape index (κ2) is 7.30. The van der Waals surface area contributed by atoms with Crippen LogP contribution >= 0.6 is 11.6 Å². The van der Waals surface area contributed by atoms with Crippen LogP contribution in [0.3, 0.4) is 0 Å². The molecule has 1 aromatic carbocycles. The number of carbonyl (C=O) groups is 1. The number of nitriles is 1. The van der Waals surface area contributed by atoms with E-state index in [1.54, 1.807) is 23.1 Å². The third-order valence-electron chi connectivity index (χ3n) is 3.65. The molecule has 1 aromatic rings. The number of hydrogen-bond acceptors (Lipinski definition) is 3. The lowest BCUT2D eigenvalue weighted by Crippen LogP contribution is -2.52. The largest absolute Gasteiger partial charge is 0.322 e. The van der Waals surface area contributed by atoms with E-state index in [0.717, 1.165) is 19.5 Å². The number of anilines is 1. The molecule has 5 nitrogen and oxygen atoms in total. The predicted octanol–water partition coefficient (Wildman–Crippen LogP) is 2.79. The maximum atomic E-state index is 12.2. The van der Waals surface area contributed by atoms with Gasteiger partial charge in [0.05, 0.1) is 12.1 Å². The summed E-state index contributed by atoms with van der Waals surface area (Å²) in [6.45, 7) is 4.73. The van der Waals surface area contributed by atoms with Crippen LogP contribution in [0.4, 0.5) is 10.5 Å². The highest BCUT2D eigenvalue weighted by Gasteiger charge is 2.25. The van der Waals surface area contributed by atoms with Gasteiger partial charge in [0.25, 0.3) is 0 Å². The summed E-state index contributed by atoms with van der Waals surface area (Å²) >= 11 is 5.90. The fourth-order valence-electron chi connectivity index (χ4n) is 2.44. The Kier molecular flexibility index (Phi) is 5.43. The van der Waals surface area contributed by atoms with Gasteiger partial charge in [0, 0.05) is 36.9 Å². The maximum Gasteiger partial charge on any atom is 0.321 e. The van der Waals surface area contributed by atoms with Crippen molar-refractivity contribution >= 4 is 23.3 Å². The van der Waals surface area contributed by atoms with E-state index in [1.165, 1.54) is 0 Å². The van der Waals surface area contributed by atoms with Crippen molar-refractivity contribution in [2.75, 3.05) is 31.5 Å². The minimum atomic E-state index is -0.123. The first-order valence-corrected chi connectivity index (χ1v) is 7.47. The molecule has 2 rings (SSSR count). The van der Waals surface area contributed by atoms with Crippen LogP contribution in [0.25, 0.3) is 0 Å². The highest BCUT2D eigenvalue weighted by atomic mass is 35.5. The summed E-state index contributed by atoms with van der Waals surface area (Å²) in [6.07, 6.45) is 0.811. The van der Waals surface area contributed by atoms with Crippen molar-refractivity contribution in [3.05, 3.63) is 29.3 Å². The summed E-state index contributed by atoms with van der Waals surface area (Å²) in [5.41, 5.74) is 0.693. The molecule has 1 N–H and O–H groups in total. The number of hydrogen-bond donors (Lipinski definition) is 1. The average molecular weight is 307 g/mol. The molecule has 1 heterocycles. The highest BCUT2D eigenvalue weighted by molar-refractivity contribution is 6.30. The molecule has 112 valence electrons. The zero-order valence-corrected chi connectivity index (χ0v) is 12.8. The third-order valence-corrected chi connectivity index (χ3v) is 3.89. The van der Waals surface area contributed by atoms with E-state index < -0.39 is 0 Å². The van der Waals surface area contributed by atoms with Crippen molar-refractivity contribution in [1.29, 1.82) is 5.26 Å². The molecule has 2 amide bonds. The summed E-state index contributed by atoms with van der Waals surface area (Å²) in [7, 11) is 0. The predicted molar refractivity (Wildman–Crippen MR) is 83.3 cm³/mol. The molecule has 0 spiro atoms. The fourth-order valence-corrected chi connectivity index (χ4v) is 2.63. The lowest BCUT2D eigenvalue weighted by molar-refractivity contribution is 0.129. The van der Waals surface area contributed by atoms with Gasteiger partial charge in [0.15, 0.2) is 0 Å². The number of amides is 2. The quantitative estimate of drug-likeness (QED) is 0.934. The number of carbonyl (C=O) groups excluding carboxylic acids is 1. The zero-order valence-electron chi connectivity index (χ0n) is 12.1. The van der Waals surface area contributed by atoms with E-state index in [0.29, 0.717) is 23.8 Å². The van der Waals surface area contributed by atoms with Gasteiger partial charge in [-0.25, -0.2) is 4.79 Å². The van der Waals surface area contributed by atoms with Gasteiger partial charge in [-0.2, -0.15) is 5.26 Å². The van der Waals surface area contributed by atoms with Crippen LogP contribution in [0.5, 0.6) is 0 Å². The van der Waals surface area contributed by atoms with Crippen LogP contribution in [0.15, 0.2) is 24.3 Å². The van der Waals surface area contributed by atoms with Gasteiger partial charge in [-0.05, 0) is 24.6 Å². The summed E-state index contributed by atoms with van der Waals surface area (Å²) in [4.78, 5) is 16.1. The molecule has 1 saturated heterocycles. The topological polar surface area (TPSA) is 59.4 Å². The van der Waals surface area contributed by atoms with Gasteiger partial charge in [0.1, 0.15) is 0 Å². The third kappa shape index (κ3) is 4.10. The lowest BCUT2D eigenvalue weighted by atomic mass is 10.2.